The van der Waals surface area contributed by atoms with E-state index in [0.717, 1.165) is 16.8 Å². The van der Waals surface area contributed by atoms with E-state index >= 15 is 0 Å². The fourth-order valence-electron chi connectivity index (χ4n) is 4.65. The maximum atomic E-state index is 13.1. The molecule has 1 heterocycles. The molecule has 4 atom stereocenters. The summed E-state index contributed by atoms with van der Waals surface area (Å²) < 4.78 is 0. The molecular formula is C20H21NO2. The number of amides is 2. The Morgan fingerprint density at radius 1 is 0.957 bits per heavy atom. The molecule has 2 amide bonds. The van der Waals surface area contributed by atoms with Gasteiger partial charge in [-0.1, -0.05) is 35.4 Å². The van der Waals surface area contributed by atoms with E-state index in [9.17, 15) is 9.59 Å². The molecule has 0 spiro atoms. The third kappa shape index (κ3) is 1.71. The highest BCUT2D eigenvalue weighted by Gasteiger charge is 2.62. The van der Waals surface area contributed by atoms with Crippen LogP contribution in [-0.4, -0.2) is 11.8 Å². The van der Waals surface area contributed by atoms with E-state index in [-0.39, 0.29) is 35.5 Å². The molecule has 0 unspecified atom stereocenters. The number of benzene rings is 1. The van der Waals surface area contributed by atoms with Crippen LogP contribution >= 0.6 is 0 Å². The summed E-state index contributed by atoms with van der Waals surface area (Å²) in [5.74, 6) is -0.235. The van der Waals surface area contributed by atoms with Gasteiger partial charge in [-0.2, -0.15) is 0 Å². The molecule has 3 heteroatoms. The number of carbonyl (C=O) groups excluding carboxylic acids is 2. The van der Waals surface area contributed by atoms with Crippen molar-refractivity contribution in [3.05, 3.63) is 52.6 Å². The van der Waals surface area contributed by atoms with Gasteiger partial charge in [0.25, 0.3) is 0 Å². The van der Waals surface area contributed by atoms with Gasteiger partial charge in [-0.15, -0.1) is 0 Å². The second kappa shape index (κ2) is 4.67. The maximum absolute atomic E-state index is 13.1. The number of hydrogen-bond acceptors (Lipinski definition) is 2. The number of aryl methyl sites for hydroxylation is 1. The standard InChI is InChI=1S/C20H21NO2/c1-10(2)16-13-8-9-14(16)18-17(13)19(22)21(20(18)23)15-7-5-6-11(3)12(15)4/h5-9,13-14,17-18H,1-4H3/t13-,14-,17-,18-/m0/s1. The van der Waals surface area contributed by atoms with Gasteiger partial charge in [-0.3, -0.25) is 9.59 Å². The number of allylic oxidation sites excluding steroid dienone is 4. The Morgan fingerprint density at radius 2 is 1.52 bits per heavy atom. The molecule has 3 aliphatic rings. The lowest BCUT2D eigenvalue weighted by atomic mass is 9.85. The van der Waals surface area contributed by atoms with Crippen LogP contribution in [0.25, 0.3) is 0 Å². The molecule has 1 aromatic rings. The van der Waals surface area contributed by atoms with Crippen molar-refractivity contribution in [3.63, 3.8) is 0 Å². The van der Waals surface area contributed by atoms with E-state index in [1.54, 1.807) is 0 Å². The van der Waals surface area contributed by atoms with Crippen molar-refractivity contribution in [2.45, 2.75) is 27.7 Å². The van der Waals surface area contributed by atoms with Crippen molar-refractivity contribution in [1.82, 2.24) is 0 Å². The lowest BCUT2D eigenvalue weighted by molar-refractivity contribution is -0.122. The molecule has 4 rings (SSSR count). The fourth-order valence-corrected chi connectivity index (χ4v) is 4.65. The molecule has 0 radical (unpaired) electrons. The molecule has 2 aliphatic carbocycles. The third-order valence-corrected chi connectivity index (χ3v) is 5.81. The van der Waals surface area contributed by atoms with Crippen LogP contribution in [0.5, 0.6) is 0 Å². The number of fused-ring (bicyclic) bond motifs is 5. The van der Waals surface area contributed by atoms with Crippen LogP contribution in [0.4, 0.5) is 5.69 Å². The first kappa shape index (κ1) is 14.4. The second-order valence-electron chi connectivity index (χ2n) is 7.17. The number of anilines is 1. The summed E-state index contributed by atoms with van der Waals surface area (Å²) in [7, 11) is 0. The quantitative estimate of drug-likeness (QED) is 0.587. The molecule has 1 saturated carbocycles. The predicted octanol–water partition coefficient (Wildman–Crippen LogP) is 3.56. The smallest absolute Gasteiger partial charge is 0.238 e. The van der Waals surface area contributed by atoms with Crippen LogP contribution in [-0.2, 0) is 9.59 Å². The van der Waals surface area contributed by atoms with Gasteiger partial charge in [0.15, 0.2) is 0 Å². The van der Waals surface area contributed by atoms with Crippen molar-refractivity contribution < 1.29 is 9.59 Å². The highest BCUT2D eigenvalue weighted by atomic mass is 16.2. The Bertz CT molecular complexity index is 764. The van der Waals surface area contributed by atoms with E-state index < -0.39 is 0 Å². The van der Waals surface area contributed by atoms with Crippen molar-refractivity contribution in [1.29, 1.82) is 0 Å². The molecule has 1 saturated heterocycles. The zero-order chi connectivity index (χ0) is 16.5. The normalized spacial score (nSPS) is 31.3. The number of imide groups is 1. The van der Waals surface area contributed by atoms with Gasteiger partial charge in [-0.25, -0.2) is 4.90 Å². The molecule has 2 fully saturated rings. The number of carbonyl (C=O) groups is 2. The predicted molar refractivity (Wildman–Crippen MR) is 89.9 cm³/mol. The first-order chi connectivity index (χ1) is 10.9. The molecule has 1 aromatic carbocycles. The minimum Gasteiger partial charge on any atom is -0.274 e. The van der Waals surface area contributed by atoms with Gasteiger partial charge in [0.05, 0.1) is 17.5 Å². The van der Waals surface area contributed by atoms with Crippen LogP contribution in [0.15, 0.2) is 41.5 Å². The highest BCUT2D eigenvalue weighted by Crippen LogP contribution is 2.57. The highest BCUT2D eigenvalue weighted by molar-refractivity contribution is 6.23. The first-order valence-corrected chi connectivity index (χ1v) is 8.23. The summed E-state index contributed by atoms with van der Waals surface area (Å²) in [4.78, 5) is 27.6. The van der Waals surface area contributed by atoms with Gasteiger partial charge in [0.2, 0.25) is 11.8 Å². The van der Waals surface area contributed by atoms with Gasteiger partial charge in [0.1, 0.15) is 0 Å². The van der Waals surface area contributed by atoms with E-state index in [4.69, 9.17) is 0 Å². The van der Waals surface area contributed by atoms with E-state index in [0.29, 0.717) is 0 Å². The zero-order valence-corrected chi connectivity index (χ0v) is 14.0. The van der Waals surface area contributed by atoms with Crippen LogP contribution in [0.2, 0.25) is 0 Å². The Labute approximate surface area is 136 Å². The monoisotopic (exact) mass is 307 g/mol. The lowest BCUT2D eigenvalue weighted by Gasteiger charge is -2.21. The van der Waals surface area contributed by atoms with Crippen LogP contribution in [0, 0.1) is 37.5 Å². The second-order valence-corrected chi connectivity index (χ2v) is 7.17. The summed E-state index contributed by atoms with van der Waals surface area (Å²) in [5.41, 5.74) is 5.41. The Morgan fingerprint density at radius 3 is 2.04 bits per heavy atom. The van der Waals surface area contributed by atoms with E-state index in [1.165, 1.54) is 16.0 Å². The maximum Gasteiger partial charge on any atom is 0.238 e. The van der Waals surface area contributed by atoms with Gasteiger partial charge >= 0.3 is 0 Å². The molecule has 0 aromatic heterocycles. The number of hydrogen-bond donors (Lipinski definition) is 0. The van der Waals surface area contributed by atoms with Gasteiger partial charge in [-0.05, 0) is 44.9 Å². The van der Waals surface area contributed by atoms with Crippen LogP contribution < -0.4 is 4.90 Å². The average Bonchev–Trinajstić information content (AvgIpc) is 3.13. The third-order valence-electron chi connectivity index (χ3n) is 5.81. The van der Waals surface area contributed by atoms with Crippen molar-refractivity contribution in [3.8, 4) is 0 Å². The average molecular weight is 307 g/mol. The van der Waals surface area contributed by atoms with E-state index in [2.05, 4.69) is 26.0 Å². The molecule has 0 N–H and O–H groups in total. The zero-order valence-electron chi connectivity index (χ0n) is 14.0. The van der Waals surface area contributed by atoms with Crippen molar-refractivity contribution >= 4 is 17.5 Å². The summed E-state index contributed by atoms with van der Waals surface area (Å²) in [6.07, 6.45) is 4.26. The SMILES string of the molecule is CC(C)=C1[C@@H]2C=C[C@@H]1[C@@H]1C(=O)N(c3cccc(C)c3C)C(=O)[C@H]12. The Kier molecular flexibility index (Phi) is 2.93. The summed E-state index contributed by atoms with van der Waals surface area (Å²) in [6, 6.07) is 5.81. The van der Waals surface area contributed by atoms with Crippen LogP contribution in [0.3, 0.4) is 0 Å². The van der Waals surface area contributed by atoms with Crippen molar-refractivity contribution in [2.24, 2.45) is 23.7 Å². The van der Waals surface area contributed by atoms with Gasteiger partial charge < -0.3 is 0 Å². The molecule has 1 aliphatic heterocycles. The van der Waals surface area contributed by atoms with E-state index in [1.807, 2.05) is 32.0 Å². The number of nitrogens with zero attached hydrogens (tertiary/aromatic N) is 1. The van der Waals surface area contributed by atoms with Crippen LogP contribution in [0.1, 0.15) is 25.0 Å². The fraction of sp³-hybridized carbons (Fsp3) is 0.400. The Hall–Kier alpha value is -2.16. The number of rotatable bonds is 1. The van der Waals surface area contributed by atoms with Gasteiger partial charge in [0, 0.05) is 11.8 Å². The molecule has 118 valence electrons. The topological polar surface area (TPSA) is 37.4 Å². The minimum atomic E-state index is -0.206. The largest absolute Gasteiger partial charge is 0.274 e. The first-order valence-electron chi connectivity index (χ1n) is 8.23. The molecule has 2 bridgehead atoms. The molecular weight excluding hydrogens is 286 g/mol. The summed E-state index contributed by atoms with van der Waals surface area (Å²) in [5, 5.41) is 0. The Balaban J connectivity index is 1.80. The molecule has 23 heavy (non-hydrogen) atoms. The summed E-state index contributed by atoms with van der Waals surface area (Å²) in [6.45, 7) is 8.16. The molecule has 3 nitrogen and oxygen atoms in total. The summed E-state index contributed by atoms with van der Waals surface area (Å²) >= 11 is 0. The minimum absolute atomic E-state index is 0.0238. The van der Waals surface area contributed by atoms with Crippen molar-refractivity contribution in [2.75, 3.05) is 4.90 Å². The lowest BCUT2D eigenvalue weighted by Crippen LogP contribution is -2.34.